The lowest BCUT2D eigenvalue weighted by atomic mass is 9.83. The molecule has 1 unspecified atom stereocenters. The number of aromatic nitrogens is 2. The lowest BCUT2D eigenvalue weighted by Gasteiger charge is -2.25. The van der Waals surface area contributed by atoms with Gasteiger partial charge in [0.15, 0.2) is 17.3 Å². The van der Waals surface area contributed by atoms with E-state index in [4.69, 9.17) is 19.2 Å². The molecule has 3 heterocycles. The van der Waals surface area contributed by atoms with Crippen molar-refractivity contribution in [3.63, 3.8) is 0 Å². The summed E-state index contributed by atoms with van der Waals surface area (Å²) in [5.74, 6) is 0.705. The number of ether oxygens (including phenoxy) is 3. The molecule has 210 valence electrons. The van der Waals surface area contributed by atoms with E-state index in [1.165, 1.54) is 13.2 Å². The van der Waals surface area contributed by atoms with Gasteiger partial charge in [0, 0.05) is 40.1 Å². The van der Waals surface area contributed by atoms with Crippen LogP contribution in [-0.4, -0.2) is 47.9 Å². The van der Waals surface area contributed by atoms with Crippen LogP contribution in [0.15, 0.2) is 48.7 Å². The number of hydrogen-bond acceptors (Lipinski definition) is 6. The highest BCUT2D eigenvalue weighted by molar-refractivity contribution is 5.97. The van der Waals surface area contributed by atoms with Crippen molar-refractivity contribution in [2.24, 2.45) is 0 Å². The van der Waals surface area contributed by atoms with Gasteiger partial charge in [-0.15, -0.1) is 0 Å². The van der Waals surface area contributed by atoms with Crippen LogP contribution in [0.4, 0.5) is 8.78 Å². The monoisotopic (exact) mass is 550 g/mol. The average molecular weight is 551 g/mol. The van der Waals surface area contributed by atoms with Gasteiger partial charge in [-0.1, -0.05) is 26.0 Å². The van der Waals surface area contributed by atoms with Crippen LogP contribution in [0.1, 0.15) is 55.2 Å². The van der Waals surface area contributed by atoms with Crippen molar-refractivity contribution in [3.8, 4) is 28.5 Å². The fourth-order valence-electron chi connectivity index (χ4n) is 5.02. The Morgan fingerprint density at radius 2 is 2.02 bits per heavy atom. The Labute approximate surface area is 231 Å². The first-order valence-electron chi connectivity index (χ1n) is 13.1. The van der Waals surface area contributed by atoms with Crippen molar-refractivity contribution in [2.75, 3.05) is 27.0 Å². The molecule has 1 aliphatic heterocycles. The van der Waals surface area contributed by atoms with Crippen molar-refractivity contribution in [3.05, 3.63) is 71.3 Å². The number of benzene rings is 2. The summed E-state index contributed by atoms with van der Waals surface area (Å²) in [4.78, 5) is 20.9. The zero-order valence-electron chi connectivity index (χ0n) is 22.9. The third kappa shape index (κ3) is 5.01. The number of alkyl halides is 1. The number of H-pyrrole nitrogens is 1. The van der Waals surface area contributed by atoms with Gasteiger partial charge in [-0.05, 0) is 43.7 Å². The highest BCUT2D eigenvalue weighted by atomic mass is 19.1. The number of fused-ring (bicyclic) bond motifs is 2. The highest BCUT2D eigenvalue weighted by Gasteiger charge is 2.38. The molecule has 40 heavy (non-hydrogen) atoms. The van der Waals surface area contributed by atoms with E-state index < -0.39 is 12.3 Å². The van der Waals surface area contributed by atoms with Gasteiger partial charge < -0.3 is 24.3 Å². The molecule has 2 N–H and O–H groups in total. The van der Waals surface area contributed by atoms with Gasteiger partial charge in [0.25, 0.3) is 0 Å². The minimum Gasteiger partial charge on any atom is -0.493 e. The second-order valence-electron chi connectivity index (χ2n) is 10.9. The number of rotatable bonds is 10. The van der Waals surface area contributed by atoms with Gasteiger partial charge in [-0.2, -0.15) is 0 Å². The number of carbonyl (C=O) groups excluding carboxylic acids is 1. The molecule has 0 saturated carbocycles. The number of para-hydroxylation sites is 1. The summed E-state index contributed by atoms with van der Waals surface area (Å²) in [7, 11) is 1.45. The van der Waals surface area contributed by atoms with E-state index in [0.29, 0.717) is 57.3 Å². The molecule has 0 spiro atoms. The number of methoxy groups -OCH3 is 1. The Morgan fingerprint density at radius 3 is 2.77 bits per heavy atom. The third-order valence-corrected chi connectivity index (χ3v) is 7.41. The predicted octanol–water partition coefficient (Wildman–Crippen LogP) is 6.27. The van der Waals surface area contributed by atoms with Crippen molar-refractivity contribution >= 4 is 16.7 Å². The quantitative estimate of drug-likeness (QED) is 0.226. The molecule has 5 rings (SSSR count). The normalized spacial score (nSPS) is 15.4. The first kappa shape index (κ1) is 27.6. The van der Waals surface area contributed by atoms with E-state index in [1.54, 1.807) is 37.4 Å². The summed E-state index contributed by atoms with van der Waals surface area (Å²) >= 11 is 0. The van der Waals surface area contributed by atoms with E-state index in [-0.39, 0.29) is 36.5 Å². The molecule has 1 aliphatic rings. The maximum atomic E-state index is 14.4. The molecule has 1 atom stereocenters. The van der Waals surface area contributed by atoms with Gasteiger partial charge in [-0.25, -0.2) is 13.8 Å². The van der Waals surface area contributed by atoms with Crippen LogP contribution >= 0.6 is 0 Å². The van der Waals surface area contributed by atoms with Crippen molar-refractivity contribution in [1.82, 2.24) is 9.97 Å². The number of carbonyl (C=O) groups is 1. The zero-order valence-corrected chi connectivity index (χ0v) is 22.9. The van der Waals surface area contributed by atoms with Crippen LogP contribution in [0, 0.1) is 5.82 Å². The molecule has 2 aromatic carbocycles. The molecule has 0 bridgehead atoms. The van der Waals surface area contributed by atoms with Gasteiger partial charge in [-0.3, -0.25) is 4.79 Å². The molecule has 0 fully saturated rings. The Bertz CT molecular complexity index is 1580. The second-order valence-corrected chi connectivity index (χ2v) is 10.9. The Kier molecular flexibility index (Phi) is 7.27. The SMILES string of the molecule is COc1cc(C(=O)CCC(C)(O)c2cc3c(c(-c4c[nH]c5c(F)cccc45)n2)OCC3(C)C)ccc1OCCF. The van der Waals surface area contributed by atoms with Crippen LogP contribution in [0.3, 0.4) is 0 Å². The fraction of sp³-hybridized carbons (Fsp3) is 0.355. The third-order valence-electron chi connectivity index (χ3n) is 7.41. The number of pyridine rings is 1. The second kappa shape index (κ2) is 10.5. The summed E-state index contributed by atoms with van der Waals surface area (Å²) in [5.41, 5.74) is 1.42. The number of aliphatic hydroxyl groups is 1. The number of nitrogens with zero attached hydrogens (tertiary/aromatic N) is 1. The van der Waals surface area contributed by atoms with Gasteiger partial charge in [0.2, 0.25) is 0 Å². The van der Waals surface area contributed by atoms with Crippen molar-refractivity contribution < 1.29 is 32.9 Å². The standard InChI is InChI=1S/C31H32F2N2O5/c1-30(2)17-40-29-21(30)15-26(35-28(29)20-16-34-27-19(20)6-5-7-22(27)33)31(3,37)11-10-23(36)18-8-9-24(39-13-12-32)25(14-18)38-4/h5-9,14-16,34,37H,10-13,17H2,1-4H3. The maximum Gasteiger partial charge on any atom is 0.163 e. The summed E-state index contributed by atoms with van der Waals surface area (Å²) in [6.07, 6.45) is 1.83. The number of halogens is 2. The van der Waals surface area contributed by atoms with Gasteiger partial charge in [0.05, 0.1) is 24.9 Å². The van der Waals surface area contributed by atoms with E-state index >= 15 is 0 Å². The Balaban J connectivity index is 1.46. The molecular formula is C31H32F2N2O5. The average Bonchev–Trinajstić information content (AvgIpc) is 3.51. The minimum atomic E-state index is -1.45. The molecule has 9 heteroatoms. The number of Topliss-reactive ketones (excluding diaryl/α,β-unsaturated/α-hetero) is 1. The molecule has 4 aromatic rings. The summed E-state index contributed by atoms with van der Waals surface area (Å²) in [6.45, 7) is 5.41. The maximum absolute atomic E-state index is 14.4. The largest absolute Gasteiger partial charge is 0.493 e. The molecular weight excluding hydrogens is 518 g/mol. The lowest BCUT2D eigenvalue weighted by molar-refractivity contribution is 0.0396. The summed E-state index contributed by atoms with van der Waals surface area (Å²) in [6, 6.07) is 11.4. The lowest BCUT2D eigenvalue weighted by Crippen LogP contribution is -2.25. The number of ketones is 1. The molecule has 0 aliphatic carbocycles. The fourth-order valence-corrected chi connectivity index (χ4v) is 5.02. The molecule has 7 nitrogen and oxygen atoms in total. The molecule has 0 amide bonds. The van der Waals surface area contributed by atoms with Crippen LogP contribution in [0.25, 0.3) is 22.2 Å². The number of nitrogens with one attached hydrogen (secondary N) is 1. The topological polar surface area (TPSA) is 93.7 Å². The Morgan fingerprint density at radius 1 is 1.23 bits per heavy atom. The molecule has 0 saturated heterocycles. The first-order chi connectivity index (χ1) is 19.1. The van der Waals surface area contributed by atoms with Crippen LogP contribution in [-0.2, 0) is 11.0 Å². The van der Waals surface area contributed by atoms with E-state index in [2.05, 4.69) is 4.98 Å². The molecule has 0 radical (unpaired) electrons. The predicted molar refractivity (Wildman–Crippen MR) is 148 cm³/mol. The first-order valence-corrected chi connectivity index (χ1v) is 13.1. The number of aromatic amines is 1. The Hall–Kier alpha value is -3.98. The van der Waals surface area contributed by atoms with E-state index in [1.807, 2.05) is 26.0 Å². The van der Waals surface area contributed by atoms with E-state index in [0.717, 1.165) is 5.56 Å². The van der Waals surface area contributed by atoms with Crippen LogP contribution < -0.4 is 14.2 Å². The highest BCUT2D eigenvalue weighted by Crippen LogP contribution is 2.47. The molecule has 2 aromatic heterocycles. The van der Waals surface area contributed by atoms with Crippen LogP contribution in [0.2, 0.25) is 0 Å². The number of hydrogen-bond donors (Lipinski definition) is 2. The minimum absolute atomic E-state index is 0.0348. The smallest absolute Gasteiger partial charge is 0.163 e. The summed E-state index contributed by atoms with van der Waals surface area (Å²) < 4.78 is 43.6. The van der Waals surface area contributed by atoms with Gasteiger partial charge >= 0.3 is 0 Å². The van der Waals surface area contributed by atoms with Crippen molar-refractivity contribution in [1.29, 1.82) is 0 Å². The van der Waals surface area contributed by atoms with Gasteiger partial charge in [0.1, 0.15) is 36.1 Å². The van der Waals surface area contributed by atoms with E-state index in [9.17, 15) is 18.7 Å². The zero-order chi connectivity index (χ0) is 28.7. The summed E-state index contributed by atoms with van der Waals surface area (Å²) in [5, 5.41) is 12.3. The van der Waals surface area contributed by atoms with Crippen LogP contribution in [0.5, 0.6) is 17.2 Å². The van der Waals surface area contributed by atoms with Crippen molar-refractivity contribution in [2.45, 2.75) is 44.6 Å².